The van der Waals surface area contributed by atoms with Crippen LogP contribution in [-0.4, -0.2) is 84.7 Å². The van der Waals surface area contributed by atoms with E-state index in [4.69, 9.17) is 11.3 Å². The predicted molar refractivity (Wildman–Crippen MR) is 304 cm³/mol. The van der Waals surface area contributed by atoms with Crippen LogP contribution in [0.1, 0.15) is 85.4 Å². The van der Waals surface area contributed by atoms with Crippen LogP contribution in [0.3, 0.4) is 0 Å². The van der Waals surface area contributed by atoms with Gasteiger partial charge in [0, 0.05) is 60.2 Å². The maximum absolute atomic E-state index is 14.1. The number of aromatic nitrogens is 1. The zero-order valence-corrected chi connectivity index (χ0v) is 44.3. The van der Waals surface area contributed by atoms with Gasteiger partial charge < -0.3 is 34.4 Å². The van der Waals surface area contributed by atoms with Gasteiger partial charge in [-0.3, -0.25) is 24.0 Å². The molecule has 13 nitrogen and oxygen atoms in total. The van der Waals surface area contributed by atoms with E-state index in [0.717, 1.165) is 28.1 Å². The molecule has 410 valence electrons. The van der Waals surface area contributed by atoms with Crippen molar-refractivity contribution in [3.63, 3.8) is 0 Å². The summed E-state index contributed by atoms with van der Waals surface area (Å²) in [4.78, 5) is 82.0. The number of nitrogens with one attached hydrogen (secondary N) is 2. The first-order valence-corrected chi connectivity index (χ1v) is 25.6. The SMILES string of the molecule is C.CC(C)C(=O)C(C(=O)Nc1ccccc1)C(C(=O)c1ccc(F)cc1)c1ccccc1.CC(C)c1c(C(=O)Nc2ccccc2)c(-c2ccccc2)c(-c2ccc(F)cc2)n1CCC(=O)N1CCOCC1.[C-]#[N+]CC(=O)OC. The lowest BCUT2D eigenvalue weighted by Gasteiger charge is -2.27. The molecular weight excluding hydrogens is 1000 g/mol. The number of carbonyl (C=O) groups excluding carboxylic acids is 6. The average molecular weight is 1070 g/mol. The van der Waals surface area contributed by atoms with Gasteiger partial charge in [-0.2, -0.15) is 0 Å². The first-order valence-electron chi connectivity index (χ1n) is 25.6. The second-order valence-corrected chi connectivity index (χ2v) is 18.8. The summed E-state index contributed by atoms with van der Waals surface area (Å²) in [5.41, 5.74) is 6.63. The van der Waals surface area contributed by atoms with Gasteiger partial charge in [0.2, 0.25) is 11.8 Å². The number of benzene rings is 6. The summed E-state index contributed by atoms with van der Waals surface area (Å²) in [6, 6.07) is 48.2. The number of hydrogen-bond acceptors (Lipinski definition) is 8. The Hall–Kier alpha value is -8.87. The number of ketones is 2. The Bertz CT molecular complexity index is 3160. The average Bonchev–Trinajstić information content (AvgIpc) is 4.05. The fourth-order valence-electron chi connectivity index (χ4n) is 9.01. The number of amides is 3. The number of nitrogens with zero attached hydrogens (tertiary/aromatic N) is 3. The van der Waals surface area contributed by atoms with E-state index < -0.39 is 41.2 Å². The Morgan fingerprint density at radius 1 is 0.671 bits per heavy atom. The summed E-state index contributed by atoms with van der Waals surface area (Å²) in [6.45, 7) is 16.1. The molecule has 2 heterocycles. The molecule has 1 saturated heterocycles. The molecule has 0 bridgehead atoms. The molecule has 8 rings (SSSR count). The van der Waals surface area contributed by atoms with Gasteiger partial charge in [0.15, 0.2) is 5.78 Å². The molecule has 0 saturated carbocycles. The number of methoxy groups -OCH3 is 1. The van der Waals surface area contributed by atoms with Gasteiger partial charge in [-0.05, 0) is 95.4 Å². The summed E-state index contributed by atoms with van der Waals surface area (Å²) in [6.07, 6.45) is 0.274. The largest absolute Gasteiger partial charge is 0.464 e. The van der Waals surface area contributed by atoms with Crippen molar-refractivity contribution < 1.29 is 47.0 Å². The van der Waals surface area contributed by atoms with E-state index in [0.29, 0.717) is 55.3 Å². The van der Waals surface area contributed by atoms with Gasteiger partial charge in [0.25, 0.3) is 5.91 Å². The summed E-state index contributed by atoms with van der Waals surface area (Å²) in [5.74, 6) is -5.52. The van der Waals surface area contributed by atoms with E-state index >= 15 is 0 Å². The summed E-state index contributed by atoms with van der Waals surface area (Å²) in [5, 5.41) is 5.85. The third-order valence-corrected chi connectivity index (χ3v) is 12.7. The molecule has 2 N–H and O–H groups in total. The Kier molecular flexibility index (Phi) is 23.3. The smallest absolute Gasteiger partial charge is 0.386 e. The number of anilines is 2. The Balaban J connectivity index is 0.000000263. The maximum Gasteiger partial charge on any atom is 0.386 e. The minimum absolute atomic E-state index is 0. The van der Waals surface area contributed by atoms with Crippen molar-refractivity contribution in [1.82, 2.24) is 9.47 Å². The monoisotopic (exact) mass is 1070 g/mol. The van der Waals surface area contributed by atoms with Gasteiger partial charge in [-0.25, -0.2) is 20.1 Å². The highest BCUT2D eigenvalue weighted by molar-refractivity contribution is 6.15. The third kappa shape index (κ3) is 16.6. The molecule has 1 aromatic heterocycles. The van der Waals surface area contributed by atoms with Crippen molar-refractivity contribution in [2.24, 2.45) is 11.8 Å². The summed E-state index contributed by atoms with van der Waals surface area (Å²) < 4.78 is 39.1. The van der Waals surface area contributed by atoms with Crippen LogP contribution in [0, 0.1) is 30.0 Å². The van der Waals surface area contributed by atoms with E-state index in [1.54, 1.807) is 80.6 Å². The van der Waals surface area contributed by atoms with E-state index in [2.05, 4.69) is 38.6 Å². The molecule has 0 aliphatic carbocycles. The zero-order chi connectivity index (χ0) is 56.1. The highest BCUT2D eigenvalue weighted by atomic mass is 19.1. The standard InChI is InChI=1S/C33H34FN3O3.C26H24FNO3.C4H5NO2.CH4/c1-23(2)31-30(33(39)35-27-11-7-4-8-12-27)29(24-9-5-3-6-10-24)32(25-13-15-26(34)16-14-25)37(31)18-17-28(38)36-19-21-40-22-20-36;1-17(2)24(29)23(26(31)28-21-11-7-4-8-12-21)22(18-9-5-3-6-10-18)25(30)19-13-15-20(27)16-14-19;1-5-3-4(6)7-2;/h3-16,23H,17-22H2,1-2H3,(H,35,39);3-17,22-23H,1-2H3,(H,28,31);3H2,2H3;1H4. The molecule has 0 radical (unpaired) electrons. The van der Waals surface area contributed by atoms with Crippen molar-refractivity contribution in [2.45, 2.75) is 59.9 Å². The number of rotatable bonds is 17. The Morgan fingerprint density at radius 3 is 1.67 bits per heavy atom. The molecule has 7 aromatic rings. The minimum atomic E-state index is -1.24. The lowest BCUT2D eigenvalue weighted by atomic mass is 9.75. The molecule has 1 aliphatic rings. The van der Waals surface area contributed by atoms with Crippen molar-refractivity contribution in [3.05, 3.63) is 215 Å². The van der Waals surface area contributed by atoms with E-state index in [9.17, 15) is 37.5 Å². The molecular formula is C64H67F2N5O8. The van der Waals surface area contributed by atoms with E-state index in [-0.39, 0.29) is 55.3 Å². The lowest BCUT2D eigenvalue weighted by Crippen LogP contribution is -2.41. The van der Waals surface area contributed by atoms with Crippen molar-refractivity contribution in [2.75, 3.05) is 50.6 Å². The molecule has 79 heavy (non-hydrogen) atoms. The third-order valence-electron chi connectivity index (χ3n) is 12.7. The number of esters is 1. The van der Waals surface area contributed by atoms with Gasteiger partial charge in [0.05, 0.1) is 37.5 Å². The fourth-order valence-corrected chi connectivity index (χ4v) is 9.01. The van der Waals surface area contributed by atoms with Gasteiger partial charge in [-0.15, -0.1) is 0 Å². The number of para-hydroxylation sites is 2. The number of Topliss-reactive ketones (excluding diaryl/α,β-unsaturated/α-hetero) is 2. The van der Waals surface area contributed by atoms with E-state index in [1.165, 1.54) is 43.5 Å². The zero-order valence-electron chi connectivity index (χ0n) is 44.3. The highest BCUT2D eigenvalue weighted by Gasteiger charge is 2.41. The molecule has 2 atom stereocenters. The van der Waals surface area contributed by atoms with Crippen LogP contribution in [0.2, 0.25) is 0 Å². The second-order valence-electron chi connectivity index (χ2n) is 18.8. The van der Waals surface area contributed by atoms with Crippen LogP contribution in [0.4, 0.5) is 20.2 Å². The van der Waals surface area contributed by atoms with Crippen molar-refractivity contribution in [3.8, 4) is 22.4 Å². The minimum Gasteiger partial charge on any atom is -0.464 e. The number of halogens is 2. The van der Waals surface area contributed by atoms with Gasteiger partial charge in [0.1, 0.15) is 23.3 Å². The number of morpholine rings is 1. The second kappa shape index (κ2) is 30.2. The van der Waals surface area contributed by atoms with Crippen molar-refractivity contribution >= 4 is 46.6 Å². The normalized spacial score (nSPS) is 12.4. The number of ether oxygens (including phenoxy) is 2. The van der Waals surface area contributed by atoms with Crippen LogP contribution in [0.25, 0.3) is 27.2 Å². The van der Waals surface area contributed by atoms with Crippen molar-refractivity contribution in [1.29, 1.82) is 0 Å². The Morgan fingerprint density at radius 2 is 1.18 bits per heavy atom. The van der Waals surface area contributed by atoms with Gasteiger partial charge >= 0.3 is 12.5 Å². The van der Waals surface area contributed by atoms with Crippen LogP contribution < -0.4 is 10.6 Å². The molecule has 3 amide bonds. The van der Waals surface area contributed by atoms with Crippen LogP contribution >= 0.6 is 0 Å². The molecule has 1 aliphatic heterocycles. The van der Waals surface area contributed by atoms with E-state index in [1.807, 2.05) is 71.6 Å². The lowest BCUT2D eigenvalue weighted by molar-refractivity contribution is -0.138. The number of hydrogen-bond donors (Lipinski definition) is 2. The molecule has 2 unspecified atom stereocenters. The maximum atomic E-state index is 14.1. The van der Waals surface area contributed by atoms with Crippen LogP contribution in [0.15, 0.2) is 170 Å². The summed E-state index contributed by atoms with van der Waals surface area (Å²) >= 11 is 0. The van der Waals surface area contributed by atoms with Gasteiger partial charge in [-0.1, -0.05) is 132 Å². The van der Waals surface area contributed by atoms with Crippen LogP contribution in [0.5, 0.6) is 0 Å². The quantitative estimate of drug-likeness (QED) is 0.0395. The Labute approximate surface area is 461 Å². The molecule has 15 heteroatoms. The highest BCUT2D eigenvalue weighted by Crippen LogP contribution is 2.43. The first-order chi connectivity index (χ1) is 37.6. The first kappa shape index (κ1) is 61.0. The topological polar surface area (TPSA) is 157 Å². The summed E-state index contributed by atoms with van der Waals surface area (Å²) in [7, 11) is 1.26. The number of carbonyl (C=O) groups is 6. The molecule has 6 aromatic carbocycles. The predicted octanol–water partition coefficient (Wildman–Crippen LogP) is 12.6. The molecule has 0 spiro atoms. The van der Waals surface area contributed by atoms with Crippen LogP contribution in [-0.2, 0) is 35.2 Å². The molecule has 1 fully saturated rings. The fraction of sp³-hybridized carbons (Fsp3) is 0.266.